The highest BCUT2D eigenvalue weighted by atomic mass is 16.3. The van der Waals surface area contributed by atoms with Crippen LogP contribution in [-0.4, -0.2) is 10.1 Å². The lowest BCUT2D eigenvalue weighted by Crippen LogP contribution is -2.51. The first kappa shape index (κ1) is 16.6. The monoisotopic (exact) mass is 355 g/mol. The molecular formula is C25H25NO. The maximum absolute atomic E-state index is 10.3. The molecule has 27 heavy (non-hydrogen) atoms. The maximum Gasteiger partial charge on any atom is 0.124 e. The van der Waals surface area contributed by atoms with E-state index < -0.39 is 0 Å². The Balaban J connectivity index is 1.61. The van der Waals surface area contributed by atoms with Gasteiger partial charge in [0, 0.05) is 17.2 Å². The van der Waals surface area contributed by atoms with Gasteiger partial charge in [-0.25, -0.2) is 0 Å². The number of para-hydroxylation sites is 1. The van der Waals surface area contributed by atoms with Gasteiger partial charge in [0.25, 0.3) is 0 Å². The van der Waals surface area contributed by atoms with Crippen molar-refractivity contribution < 1.29 is 5.11 Å². The zero-order chi connectivity index (χ0) is 18.6. The van der Waals surface area contributed by atoms with E-state index in [0.29, 0.717) is 28.9 Å². The van der Waals surface area contributed by atoms with Crippen LogP contribution in [0.4, 0.5) is 0 Å². The Hall–Kier alpha value is -2.61. The van der Waals surface area contributed by atoms with Gasteiger partial charge >= 0.3 is 0 Å². The van der Waals surface area contributed by atoms with E-state index >= 15 is 0 Å². The molecule has 0 aliphatic heterocycles. The molecule has 0 spiro atoms. The van der Waals surface area contributed by atoms with Crippen LogP contribution >= 0.6 is 0 Å². The molecule has 2 bridgehead atoms. The molecule has 3 aliphatic carbocycles. The number of nitrogens with zero attached hydrogens (tertiary/aromatic N) is 1. The minimum absolute atomic E-state index is 0.297. The molecule has 1 saturated carbocycles. The highest BCUT2D eigenvalue weighted by molar-refractivity contribution is 5.67. The summed E-state index contributed by atoms with van der Waals surface area (Å²) >= 11 is 0. The first-order chi connectivity index (χ1) is 13.1. The topological polar surface area (TPSA) is 33.1 Å². The van der Waals surface area contributed by atoms with Crippen LogP contribution in [0.2, 0.25) is 0 Å². The number of phenols is 1. The quantitative estimate of drug-likeness (QED) is 0.632. The van der Waals surface area contributed by atoms with Gasteiger partial charge in [-0.2, -0.15) is 0 Å². The van der Waals surface area contributed by atoms with E-state index in [1.54, 1.807) is 6.07 Å². The van der Waals surface area contributed by atoms with E-state index in [0.717, 1.165) is 17.7 Å². The second-order valence-corrected chi connectivity index (χ2v) is 8.70. The third kappa shape index (κ3) is 2.50. The van der Waals surface area contributed by atoms with Crippen LogP contribution < -0.4 is 0 Å². The Kier molecular flexibility index (Phi) is 3.65. The van der Waals surface area contributed by atoms with E-state index in [4.69, 9.17) is 4.98 Å². The van der Waals surface area contributed by atoms with E-state index in [1.807, 2.05) is 18.2 Å². The zero-order valence-corrected chi connectivity index (χ0v) is 15.9. The molecule has 1 fully saturated rings. The Morgan fingerprint density at radius 3 is 2.44 bits per heavy atom. The number of aromatic hydroxyl groups is 1. The molecule has 1 heterocycles. The summed E-state index contributed by atoms with van der Waals surface area (Å²) in [6.45, 7) is 4.84. The third-order valence-electron chi connectivity index (χ3n) is 6.99. The van der Waals surface area contributed by atoms with Gasteiger partial charge in [0.15, 0.2) is 0 Å². The minimum atomic E-state index is 0.297. The van der Waals surface area contributed by atoms with Crippen molar-refractivity contribution in [1.29, 1.82) is 0 Å². The summed E-state index contributed by atoms with van der Waals surface area (Å²) < 4.78 is 0. The highest BCUT2D eigenvalue weighted by Gasteiger charge is 2.57. The maximum atomic E-state index is 10.3. The standard InChI is InChI=1S/C25H25NO/c1-25(2)20-15-21(25)19(14-16-8-4-3-5-9-16)24-17(20)12-13-22(26-24)18-10-6-7-11-23(18)27/h3-13,19-21,27H,14-15H2,1-2H3/t19-,20-,21+/m1/s1. The van der Waals surface area contributed by atoms with E-state index in [2.05, 4.69) is 56.3 Å². The van der Waals surface area contributed by atoms with Crippen LogP contribution in [0, 0.1) is 11.3 Å². The lowest BCUT2D eigenvalue weighted by atomic mass is 9.44. The third-order valence-corrected chi connectivity index (χ3v) is 6.99. The molecule has 2 nitrogen and oxygen atoms in total. The summed E-state index contributed by atoms with van der Waals surface area (Å²) in [5.41, 5.74) is 6.08. The van der Waals surface area contributed by atoms with Crippen molar-refractivity contribution in [2.45, 2.75) is 38.5 Å². The highest BCUT2D eigenvalue weighted by Crippen LogP contribution is 2.66. The number of hydrogen-bond acceptors (Lipinski definition) is 2. The molecule has 1 aromatic heterocycles. The Morgan fingerprint density at radius 1 is 0.963 bits per heavy atom. The summed E-state index contributed by atoms with van der Waals surface area (Å²) in [7, 11) is 0. The lowest BCUT2D eigenvalue weighted by Gasteiger charge is -2.60. The van der Waals surface area contributed by atoms with Crippen molar-refractivity contribution in [3.05, 3.63) is 83.6 Å². The number of benzene rings is 2. The van der Waals surface area contributed by atoms with Gasteiger partial charge in [0.05, 0.1) is 5.69 Å². The van der Waals surface area contributed by atoms with Crippen molar-refractivity contribution >= 4 is 0 Å². The second-order valence-electron chi connectivity index (χ2n) is 8.70. The molecule has 0 radical (unpaired) electrons. The number of aromatic nitrogens is 1. The van der Waals surface area contributed by atoms with Crippen LogP contribution in [0.5, 0.6) is 5.75 Å². The number of rotatable bonds is 3. The molecule has 3 atom stereocenters. The number of phenolic OH excluding ortho intramolecular Hbond substituents is 1. The fraction of sp³-hybridized carbons (Fsp3) is 0.320. The second kappa shape index (κ2) is 5.95. The van der Waals surface area contributed by atoms with E-state index in [-0.39, 0.29) is 0 Å². The Bertz CT molecular complexity index is 992. The summed E-state index contributed by atoms with van der Waals surface area (Å²) in [6, 6.07) is 22.6. The Morgan fingerprint density at radius 2 is 1.70 bits per heavy atom. The molecule has 2 heteroatoms. The lowest BCUT2D eigenvalue weighted by molar-refractivity contribution is -0.00746. The average molecular weight is 355 g/mol. The number of pyridine rings is 1. The zero-order valence-electron chi connectivity index (χ0n) is 15.9. The molecule has 2 aromatic carbocycles. The molecule has 1 N–H and O–H groups in total. The van der Waals surface area contributed by atoms with Crippen molar-refractivity contribution in [3.8, 4) is 17.0 Å². The molecule has 6 rings (SSSR count). The molecule has 3 aliphatic rings. The summed E-state index contributed by atoms with van der Waals surface area (Å²) in [4.78, 5) is 5.11. The van der Waals surface area contributed by atoms with Crippen LogP contribution in [0.1, 0.15) is 48.9 Å². The molecule has 0 unspecified atom stereocenters. The predicted octanol–water partition coefficient (Wildman–Crippen LogP) is 5.92. The summed E-state index contributed by atoms with van der Waals surface area (Å²) in [5.74, 6) is 2.01. The first-order valence-electron chi connectivity index (χ1n) is 9.89. The van der Waals surface area contributed by atoms with Gasteiger partial charge in [-0.05, 0) is 59.4 Å². The molecule has 0 saturated heterocycles. The van der Waals surface area contributed by atoms with Crippen LogP contribution in [-0.2, 0) is 6.42 Å². The average Bonchev–Trinajstić information content (AvgIpc) is 2.68. The SMILES string of the molecule is CC1(C)[C@@H]2C[C@H]1[C@@H](Cc1ccccc1)c1nc(-c3ccccc3O)ccc12. The van der Waals surface area contributed by atoms with Gasteiger partial charge in [-0.3, -0.25) is 4.98 Å². The molecule has 3 aromatic rings. The van der Waals surface area contributed by atoms with Crippen LogP contribution in [0.15, 0.2) is 66.7 Å². The molecule has 136 valence electrons. The van der Waals surface area contributed by atoms with Crippen LogP contribution in [0.25, 0.3) is 11.3 Å². The molecular weight excluding hydrogens is 330 g/mol. The van der Waals surface area contributed by atoms with Crippen molar-refractivity contribution in [2.24, 2.45) is 11.3 Å². The van der Waals surface area contributed by atoms with E-state index in [1.165, 1.54) is 23.2 Å². The van der Waals surface area contributed by atoms with Gasteiger partial charge in [-0.15, -0.1) is 0 Å². The smallest absolute Gasteiger partial charge is 0.124 e. The van der Waals surface area contributed by atoms with Crippen molar-refractivity contribution in [1.82, 2.24) is 4.98 Å². The van der Waals surface area contributed by atoms with Crippen LogP contribution in [0.3, 0.4) is 0 Å². The number of hydrogen-bond donors (Lipinski definition) is 1. The van der Waals surface area contributed by atoms with Gasteiger partial charge < -0.3 is 5.11 Å². The van der Waals surface area contributed by atoms with Gasteiger partial charge in [-0.1, -0.05) is 62.4 Å². The predicted molar refractivity (Wildman–Crippen MR) is 109 cm³/mol. The fourth-order valence-electron chi connectivity index (χ4n) is 5.38. The van der Waals surface area contributed by atoms with Gasteiger partial charge in [0.1, 0.15) is 5.75 Å². The largest absolute Gasteiger partial charge is 0.507 e. The minimum Gasteiger partial charge on any atom is -0.507 e. The van der Waals surface area contributed by atoms with Crippen molar-refractivity contribution in [3.63, 3.8) is 0 Å². The Labute approximate surface area is 160 Å². The summed E-state index contributed by atoms with van der Waals surface area (Å²) in [6.07, 6.45) is 2.31. The molecule has 0 amide bonds. The fourth-order valence-corrected chi connectivity index (χ4v) is 5.38. The normalized spacial score (nSPS) is 24.7. The summed E-state index contributed by atoms with van der Waals surface area (Å²) in [5, 5.41) is 10.3. The van der Waals surface area contributed by atoms with Gasteiger partial charge in [0.2, 0.25) is 0 Å². The first-order valence-corrected chi connectivity index (χ1v) is 9.89. The van der Waals surface area contributed by atoms with Crippen molar-refractivity contribution in [2.75, 3.05) is 0 Å². The van der Waals surface area contributed by atoms with E-state index in [9.17, 15) is 5.11 Å².